The topological polar surface area (TPSA) is 75.6 Å². The Balaban J connectivity index is 2.21. The number of rotatable bonds is 7. The van der Waals surface area contributed by atoms with Crippen LogP contribution in [0.15, 0.2) is 24.3 Å². The van der Waals surface area contributed by atoms with Crippen molar-refractivity contribution in [2.24, 2.45) is 5.92 Å². The van der Waals surface area contributed by atoms with Gasteiger partial charge in [-0.05, 0) is 25.5 Å². The van der Waals surface area contributed by atoms with E-state index in [1.807, 2.05) is 19.1 Å². The SMILES string of the molecule is Cc1ccc(OCC(=O)NCCC(C)C(=O)O)cc1. The molecule has 1 aromatic rings. The van der Waals surface area contributed by atoms with Gasteiger partial charge >= 0.3 is 5.97 Å². The van der Waals surface area contributed by atoms with Gasteiger partial charge in [0.2, 0.25) is 0 Å². The number of hydrogen-bond donors (Lipinski definition) is 2. The highest BCUT2D eigenvalue weighted by molar-refractivity contribution is 5.77. The number of amides is 1. The first-order valence-electron chi connectivity index (χ1n) is 6.18. The first-order chi connectivity index (χ1) is 8.99. The first kappa shape index (κ1) is 15.0. The molecule has 0 saturated heterocycles. The fourth-order valence-corrected chi connectivity index (χ4v) is 1.39. The number of aryl methyl sites for hydroxylation is 1. The summed E-state index contributed by atoms with van der Waals surface area (Å²) >= 11 is 0. The Bertz CT molecular complexity index is 428. The molecule has 1 atom stereocenters. The van der Waals surface area contributed by atoms with E-state index in [1.54, 1.807) is 19.1 Å². The zero-order chi connectivity index (χ0) is 14.3. The summed E-state index contributed by atoms with van der Waals surface area (Å²) in [6.45, 7) is 3.85. The van der Waals surface area contributed by atoms with Gasteiger partial charge in [-0.3, -0.25) is 9.59 Å². The molecule has 0 heterocycles. The molecule has 0 aliphatic carbocycles. The zero-order valence-corrected chi connectivity index (χ0v) is 11.2. The Kier molecular flexibility index (Phi) is 5.85. The highest BCUT2D eigenvalue weighted by atomic mass is 16.5. The van der Waals surface area contributed by atoms with Crippen molar-refractivity contribution in [2.75, 3.05) is 13.2 Å². The van der Waals surface area contributed by atoms with E-state index in [0.29, 0.717) is 18.7 Å². The van der Waals surface area contributed by atoms with E-state index in [1.165, 1.54) is 0 Å². The molecular formula is C14H19NO4. The molecular weight excluding hydrogens is 246 g/mol. The lowest BCUT2D eigenvalue weighted by molar-refractivity contribution is -0.141. The number of carboxylic acids is 1. The average molecular weight is 265 g/mol. The van der Waals surface area contributed by atoms with E-state index in [2.05, 4.69) is 5.32 Å². The minimum atomic E-state index is -0.856. The van der Waals surface area contributed by atoms with Gasteiger partial charge in [0, 0.05) is 6.54 Å². The van der Waals surface area contributed by atoms with E-state index in [0.717, 1.165) is 5.56 Å². The summed E-state index contributed by atoms with van der Waals surface area (Å²) in [5, 5.41) is 11.3. The van der Waals surface area contributed by atoms with Gasteiger partial charge < -0.3 is 15.2 Å². The average Bonchev–Trinajstić information content (AvgIpc) is 2.37. The molecule has 0 saturated carbocycles. The molecule has 5 heteroatoms. The quantitative estimate of drug-likeness (QED) is 0.785. The van der Waals surface area contributed by atoms with Gasteiger partial charge in [0.05, 0.1) is 5.92 Å². The maximum Gasteiger partial charge on any atom is 0.306 e. The van der Waals surface area contributed by atoms with Crippen LogP contribution in [0.1, 0.15) is 18.9 Å². The van der Waals surface area contributed by atoms with Gasteiger partial charge in [0.1, 0.15) is 5.75 Å². The van der Waals surface area contributed by atoms with Crippen LogP contribution < -0.4 is 10.1 Å². The summed E-state index contributed by atoms with van der Waals surface area (Å²) in [5.41, 5.74) is 1.12. The number of nitrogens with one attached hydrogen (secondary N) is 1. The van der Waals surface area contributed by atoms with Crippen molar-refractivity contribution >= 4 is 11.9 Å². The van der Waals surface area contributed by atoms with Gasteiger partial charge in [-0.2, -0.15) is 0 Å². The smallest absolute Gasteiger partial charge is 0.306 e. The van der Waals surface area contributed by atoms with Crippen molar-refractivity contribution in [1.29, 1.82) is 0 Å². The number of benzene rings is 1. The number of ether oxygens (including phenoxy) is 1. The summed E-state index contributed by atoms with van der Waals surface area (Å²) in [7, 11) is 0. The van der Waals surface area contributed by atoms with Crippen molar-refractivity contribution in [2.45, 2.75) is 20.3 Å². The van der Waals surface area contributed by atoms with Crippen LogP contribution in [0.5, 0.6) is 5.75 Å². The summed E-state index contributed by atoms with van der Waals surface area (Å²) in [4.78, 5) is 22.0. The second-order valence-electron chi connectivity index (χ2n) is 4.48. The Labute approximate surface area is 112 Å². The number of hydrogen-bond acceptors (Lipinski definition) is 3. The zero-order valence-electron chi connectivity index (χ0n) is 11.2. The summed E-state index contributed by atoms with van der Waals surface area (Å²) in [5.74, 6) is -0.929. The van der Waals surface area contributed by atoms with Crippen LogP contribution in [0.25, 0.3) is 0 Å². The molecule has 104 valence electrons. The maximum absolute atomic E-state index is 11.5. The molecule has 5 nitrogen and oxygen atoms in total. The minimum Gasteiger partial charge on any atom is -0.484 e. The van der Waals surface area contributed by atoms with Crippen LogP contribution in [-0.4, -0.2) is 30.1 Å². The number of carboxylic acid groups (broad SMARTS) is 1. The molecule has 0 aliphatic rings. The van der Waals surface area contributed by atoms with Crippen molar-refractivity contribution in [3.8, 4) is 5.75 Å². The molecule has 0 spiro atoms. The summed E-state index contributed by atoms with van der Waals surface area (Å²) in [6.07, 6.45) is 0.408. The maximum atomic E-state index is 11.5. The van der Waals surface area contributed by atoms with E-state index in [4.69, 9.17) is 9.84 Å². The third-order valence-electron chi connectivity index (χ3n) is 2.71. The molecule has 0 aromatic heterocycles. The predicted octanol–water partition coefficient (Wildman–Crippen LogP) is 1.60. The number of aliphatic carboxylic acids is 1. The van der Waals surface area contributed by atoms with E-state index in [9.17, 15) is 9.59 Å². The van der Waals surface area contributed by atoms with Crippen molar-refractivity contribution in [1.82, 2.24) is 5.32 Å². The van der Waals surface area contributed by atoms with Crippen LogP contribution in [0, 0.1) is 12.8 Å². The predicted molar refractivity (Wildman–Crippen MR) is 71.1 cm³/mol. The molecule has 1 amide bonds. The standard InChI is InChI=1S/C14H19NO4/c1-10-3-5-12(6-4-10)19-9-13(16)15-8-7-11(2)14(17)18/h3-6,11H,7-9H2,1-2H3,(H,15,16)(H,17,18). The van der Waals surface area contributed by atoms with Crippen LogP contribution >= 0.6 is 0 Å². The molecule has 0 fully saturated rings. The van der Waals surface area contributed by atoms with Gasteiger partial charge in [0.25, 0.3) is 5.91 Å². The van der Waals surface area contributed by atoms with Crippen molar-refractivity contribution < 1.29 is 19.4 Å². The Hall–Kier alpha value is -2.04. The summed E-state index contributed by atoms with van der Waals surface area (Å²) < 4.78 is 5.30. The first-order valence-corrected chi connectivity index (χ1v) is 6.18. The fourth-order valence-electron chi connectivity index (χ4n) is 1.39. The Morgan fingerprint density at radius 3 is 2.53 bits per heavy atom. The highest BCUT2D eigenvalue weighted by Crippen LogP contribution is 2.10. The third kappa shape index (κ3) is 5.90. The molecule has 0 radical (unpaired) electrons. The third-order valence-corrected chi connectivity index (χ3v) is 2.71. The van der Waals surface area contributed by atoms with Crippen LogP contribution in [0.2, 0.25) is 0 Å². The second-order valence-corrected chi connectivity index (χ2v) is 4.48. The summed E-state index contributed by atoms with van der Waals surface area (Å²) in [6, 6.07) is 7.41. The van der Waals surface area contributed by atoms with Crippen LogP contribution in [-0.2, 0) is 9.59 Å². The number of carbonyl (C=O) groups excluding carboxylic acids is 1. The molecule has 2 N–H and O–H groups in total. The lowest BCUT2D eigenvalue weighted by Gasteiger charge is -2.09. The van der Waals surface area contributed by atoms with E-state index >= 15 is 0 Å². The van der Waals surface area contributed by atoms with E-state index < -0.39 is 11.9 Å². The van der Waals surface area contributed by atoms with Gasteiger partial charge in [0.15, 0.2) is 6.61 Å². The van der Waals surface area contributed by atoms with Gasteiger partial charge in [-0.15, -0.1) is 0 Å². The second kappa shape index (κ2) is 7.41. The molecule has 0 bridgehead atoms. The van der Waals surface area contributed by atoms with Gasteiger partial charge in [-0.1, -0.05) is 24.6 Å². The minimum absolute atomic E-state index is 0.0650. The molecule has 19 heavy (non-hydrogen) atoms. The van der Waals surface area contributed by atoms with Gasteiger partial charge in [-0.25, -0.2) is 0 Å². The fraction of sp³-hybridized carbons (Fsp3) is 0.429. The molecule has 0 aliphatic heterocycles. The molecule has 1 rings (SSSR count). The van der Waals surface area contributed by atoms with Crippen molar-refractivity contribution in [3.63, 3.8) is 0 Å². The largest absolute Gasteiger partial charge is 0.484 e. The Morgan fingerprint density at radius 2 is 1.95 bits per heavy atom. The lowest BCUT2D eigenvalue weighted by atomic mass is 10.1. The van der Waals surface area contributed by atoms with Crippen LogP contribution in [0.3, 0.4) is 0 Å². The van der Waals surface area contributed by atoms with Crippen LogP contribution in [0.4, 0.5) is 0 Å². The number of carbonyl (C=O) groups is 2. The normalized spacial score (nSPS) is 11.7. The Morgan fingerprint density at radius 1 is 1.32 bits per heavy atom. The highest BCUT2D eigenvalue weighted by Gasteiger charge is 2.10. The molecule has 1 unspecified atom stereocenters. The monoisotopic (exact) mass is 265 g/mol. The molecule has 1 aromatic carbocycles. The van der Waals surface area contributed by atoms with E-state index in [-0.39, 0.29) is 12.5 Å². The van der Waals surface area contributed by atoms with Crippen molar-refractivity contribution in [3.05, 3.63) is 29.8 Å². The lowest BCUT2D eigenvalue weighted by Crippen LogP contribution is -2.31.